The average molecular weight is 669 g/mol. The molecule has 0 spiro atoms. The summed E-state index contributed by atoms with van der Waals surface area (Å²) in [6.07, 6.45) is 5.00. The molecule has 3 atom stereocenters. The third-order valence-electron chi connectivity index (χ3n) is 9.43. The van der Waals surface area contributed by atoms with Crippen LogP contribution in [0.5, 0.6) is 0 Å². The number of hydrogen-bond acceptors (Lipinski definition) is 8. The lowest BCUT2D eigenvalue weighted by molar-refractivity contribution is -0.126. The Hall–Kier alpha value is -3.77. The van der Waals surface area contributed by atoms with Crippen molar-refractivity contribution in [1.29, 1.82) is 0 Å². The van der Waals surface area contributed by atoms with Crippen LogP contribution in [0.1, 0.15) is 84.6 Å². The summed E-state index contributed by atoms with van der Waals surface area (Å²) in [5.41, 5.74) is 3.73. The number of sulfone groups is 1. The summed E-state index contributed by atoms with van der Waals surface area (Å²) in [6, 6.07) is 14.7. The van der Waals surface area contributed by atoms with Crippen LogP contribution in [-0.2, 0) is 33.7 Å². The number of primary amides is 1. The van der Waals surface area contributed by atoms with Crippen molar-refractivity contribution >= 4 is 33.5 Å². The summed E-state index contributed by atoms with van der Waals surface area (Å²) in [5.74, 6) is -2.31. The molecule has 1 heterocycles. The third-order valence-corrected chi connectivity index (χ3v) is 11.6. The molecule has 11 nitrogen and oxygen atoms in total. The number of hydrogen-bond donors (Lipinski definition) is 3. The highest BCUT2D eigenvalue weighted by molar-refractivity contribution is 7.92. The van der Waals surface area contributed by atoms with Crippen LogP contribution in [0.2, 0.25) is 0 Å². The highest BCUT2D eigenvalue weighted by Crippen LogP contribution is 2.55. The maximum Gasteiger partial charge on any atom is 0.408 e. The van der Waals surface area contributed by atoms with Crippen LogP contribution in [0.3, 0.4) is 0 Å². The highest BCUT2D eigenvalue weighted by Gasteiger charge is 2.78. The topological polar surface area (TPSA) is 174 Å². The predicted octanol–water partition coefficient (Wildman–Crippen LogP) is 4.37. The van der Waals surface area contributed by atoms with Crippen LogP contribution in [0, 0.1) is 5.92 Å². The Morgan fingerprint density at radius 1 is 1.02 bits per heavy atom. The average Bonchev–Trinajstić information content (AvgIpc) is 3.31. The number of epoxide rings is 1. The van der Waals surface area contributed by atoms with E-state index in [1.165, 1.54) is 20.8 Å². The molecule has 4 N–H and O–H groups in total. The number of carbonyl (C=O) groups is 4. The normalized spacial score (nSPS) is 22.0. The first-order chi connectivity index (χ1) is 22.1. The van der Waals surface area contributed by atoms with Crippen LogP contribution >= 0.6 is 0 Å². The maximum atomic E-state index is 14.3. The summed E-state index contributed by atoms with van der Waals surface area (Å²) in [6.45, 7) is 5.99. The van der Waals surface area contributed by atoms with E-state index in [0.717, 1.165) is 37.5 Å². The number of nitrogens with two attached hydrogens (primary N) is 1. The number of ketones is 1. The first-order valence-electron chi connectivity index (χ1n) is 16.1. The van der Waals surface area contributed by atoms with Crippen LogP contribution in [-0.4, -0.2) is 66.6 Å². The zero-order chi connectivity index (χ0) is 34.6. The van der Waals surface area contributed by atoms with E-state index in [1.54, 1.807) is 12.1 Å². The molecule has 1 aliphatic heterocycles. The number of rotatable bonds is 15. The van der Waals surface area contributed by atoms with Crippen molar-refractivity contribution in [1.82, 2.24) is 10.6 Å². The first kappa shape index (κ1) is 36.1. The van der Waals surface area contributed by atoms with Gasteiger partial charge in [0, 0.05) is 12.7 Å². The third kappa shape index (κ3) is 7.38. The molecule has 12 heteroatoms. The molecule has 2 aromatic carbocycles. The van der Waals surface area contributed by atoms with E-state index in [0.29, 0.717) is 30.4 Å². The zero-order valence-corrected chi connectivity index (χ0v) is 28.6. The van der Waals surface area contributed by atoms with E-state index in [2.05, 4.69) is 10.6 Å². The van der Waals surface area contributed by atoms with E-state index in [4.69, 9.17) is 15.2 Å². The van der Waals surface area contributed by atoms with Gasteiger partial charge in [0.15, 0.2) is 21.2 Å². The summed E-state index contributed by atoms with van der Waals surface area (Å²) in [4.78, 5) is 54.6. The Labute approximate surface area is 277 Å². The van der Waals surface area contributed by atoms with Gasteiger partial charge < -0.3 is 25.8 Å². The van der Waals surface area contributed by atoms with Gasteiger partial charge in [-0.3, -0.25) is 14.4 Å². The van der Waals surface area contributed by atoms with Crippen molar-refractivity contribution < 1.29 is 37.1 Å². The lowest BCUT2D eigenvalue weighted by Crippen LogP contribution is -2.64. The van der Waals surface area contributed by atoms with E-state index in [1.807, 2.05) is 49.4 Å². The van der Waals surface area contributed by atoms with Gasteiger partial charge in [0.25, 0.3) is 5.91 Å². The van der Waals surface area contributed by atoms with Crippen molar-refractivity contribution in [3.63, 3.8) is 0 Å². The van der Waals surface area contributed by atoms with Gasteiger partial charge in [-0.25, -0.2) is 13.2 Å². The van der Waals surface area contributed by atoms with E-state index in [-0.39, 0.29) is 24.2 Å². The van der Waals surface area contributed by atoms with Gasteiger partial charge in [0.05, 0.1) is 4.75 Å². The zero-order valence-electron chi connectivity index (χ0n) is 27.8. The maximum absolute atomic E-state index is 14.3. The Balaban J connectivity index is 1.82. The fourth-order valence-corrected chi connectivity index (χ4v) is 6.69. The monoisotopic (exact) mass is 668 g/mol. The molecule has 2 aromatic rings. The number of unbranched alkanes of at least 4 members (excludes halogenated alkanes) is 2. The molecular weight excluding hydrogens is 622 g/mol. The molecule has 4 rings (SSSR count). The molecule has 3 amide bonds. The fourth-order valence-electron chi connectivity index (χ4n) is 6.09. The Kier molecular flexibility index (Phi) is 10.9. The molecule has 1 saturated heterocycles. The molecule has 0 aromatic heterocycles. The predicted molar refractivity (Wildman–Crippen MR) is 178 cm³/mol. The molecule has 1 aliphatic carbocycles. The van der Waals surface area contributed by atoms with Crippen molar-refractivity contribution in [2.24, 2.45) is 5.73 Å². The minimum Gasteiger partial charge on any atom is -0.446 e. The van der Waals surface area contributed by atoms with E-state index in [9.17, 15) is 27.6 Å². The van der Waals surface area contributed by atoms with Crippen molar-refractivity contribution in [3.8, 4) is 11.1 Å². The number of ether oxygens (including phenoxy) is 2. The van der Waals surface area contributed by atoms with Crippen molar-refractivity contribution in [2.75, 3.05) is 6.26 Å². The Bertz CT molecular complexity index is 1590. The molecule has 1 saturated carbocycles. The van der Waals surface area contributed by atoms with Gasteiger partial charge in [-0.15, -0.1) is 0 Å². The molecule has 47 heavy (non-hydrogen) atoms. The van der Waals surface area contributed by atoms with E-state index >= 15 is 0 Å². The molecule has 0 unspecified atom stereocenters. The van der Waals surface area contributed by atoms with Gasteiger partial charge in [-0.1, -0.05) is 74.4 Å². The molecule has 1 radical (unpaired) electrons. The summed E-state index contributed by atoms with van der Waals surface area (Å²) >= 11 is 0. The minimum atomic E-state index is -3.98. The number of carbonyl (C=O) groups excluding carboxylic acids is 4. The van der Waals surface area contributed by atoms with Gasteiger partial charge in [0.2, 0.25) is 5.91 Å². The van der Waals surface area contributed by atoms with Crippen molar-refractivity contribution in [3.05, 3.63) is 66.1 Å². The number of amides is 3. The smallest absolute Gasteiger partial charge is 0.408 e. The Morgan fingerprint density at radius 3 is 2.21 bits per heavy atom. The standard InChI is InChI=1S/C35H46N3O8S/c1-6-7-9-22-27(39)28(26-21-15-14-20-25(26)23-16-10-8-11-17-23)35(34(4,46-35)31(36)41)38-30(40)29(33(2,3)47(5,43)44)37-32(42)45-24-18-12-13-19-24/h8,10-11,14-17,20-21,24,29H,6-7,9,12-13,18-19,22H2,1-5H3,(H2,36,41)(H,37,42)(H,38,40)/t29-,34-,35+/m1/s1. The lowest BCUT2D eigenvalue weighted by Gasteiger charge is -2.35. The van der Waals surface area contributed by atoms with Gasteiger partial charge in [-0.2, -0.15) is 0 Å². The summed E-state index contributed by atoms with van der Waals surface area (Å²) in [7, 11) is -3.98. The van der Waals surface area contributed by atoms with Gasteiger partial charge in [-0.05, 0) is 69.6 Å². The summed E-state index contributed by atoms with van der Waals surface area (Å²) in [5, 5.41) is 5.18. The number of alkyl carbamates (subject to hydrolysis) is 1. The fraction of sp³-hybridized carbons (Fsp3) is 0.514. The number of nitrogens with one attached hydrogen (secondary N) is 2. The quantitative estimate of drug-likeness (QED) is 0.185. The van der Waals surface area contributed by atoms with E-state index < -0.39 is 49.9 Å². The van der Waals surface area contributed by atoms with Gasteiger partial charge in [0.1, 0.15) is 23.8 Å². The number of Topliss-reactive ketones (excluding diaryl/α,β-unsaturated/α-hetero) is 1. The van der Waals surface area contributed by atoms with Crippen LogP contribution < -0.4 is 16.4 Å². The van der Waals surface area contributed by atoms with Crippen molar-refractivity contribution in [2.45, 2.75) is 107 Å². The Morgan fingerprint density at radius 2 is 1.64 bits per heavy atom. The molecule has 2 fully saturated rings. The SMILES string of the molecule is CCCCCC(=O)[C](c1ccccc1-c1ccccc1)[C@]1(NC(=O)[C@@H](NC(=O)OC2CCCC2)C(C)(C)S(C)(=O)=O)O[C@]1(C)C(N)=O. The van der Waals surface area contributed by atoms with Crippen LogP contribution in [0.25, 0.3) is 11.1 Å². The minimum absolute atomic E-state index is 0.00662. The van der Waals surface area contributed by atoms with Crippen LogP contribution in [0.4, 0.5) is 4.79 Å². The lowest BCUT2D eigenvalue weighted by atomic mass is 9.77. The molecular formula is C35H46N3O8S. The molecule has 255 valence electrons. The molecule has 0 bridgehead atoms. The molecule has 2 aliphatic rings. The van der Waals surface area contributed by atoms with Crippen LogP contribution in [0.15, 0.2) is 54.6 Å². The number of benzene rings is 2. The second-order valence-corrected chi connectivity index (χ2v) is 15.7. The largest absolute Gasteiger partial charge is 0.446 e. The second-order valence-electron chi connectivity index (χ2n) is 13.1. The first-order valence-corrected chi connectivity index (χ1v) is 18.0. The van der Waals surface area contributed by atoms with Gasteiger partial charge >= 0.3 is 6.09 Å². The highest BCUT2D eigenvalue weighted by atomic mass is 32.2. The second kappa shape index (κ2) is 14.1. The summed E-state index contributed by atoms with van der Waals surface area (Å²) < 4.78 is 35.8.